The van der Waals surface area contributed by atoms with Crippen LogP contribution in [0.5, 0.6) is 0 Å². The van der Waals surface area contributed by atoms with Gasteiger partial charge in [0.1, 0.15) is 5.82 Å². The second-order valence-corrected chi connectivity index (χ2v) is 9.98. The van der Waals surface area contributed by atoms with E-state index >= 15 is 0 Å². The smallest absolute Gasteiger partial charge is 0.222 e. The number of hydrogen-bond acceptors (Lipinski definition) is 4. The molecule has 2 aromatic carbocycles. The largest absolute Gasteiger partial charge is 0.346 e. The van der Waals surface area contributed by atoms with Gasteiger partial charge in [0.05, 0.1) is 25.3 Å². The van der Waals surface area contributed by atoms with Crippen molar-refractivity contribution < 1.29 is 14.3 Å². The molecule has 1 aromatic heterocycles. The Hall–Kier alpha value is -2.48. The third kappa shape index (κ3) is 3.36. The summed E-state index contributed by atoms with van der Waals surface area (Å²) in [6.07, 6.45) is 6.72. The number of ether oxygens (including phenoxy) is 2. The van der Waals surface area contributed by atoms with Crippen LogP contribution < -0.4 is 0 Å². The third-order valence-electron chi connectivity index (χ3n) is 7.27. The number of nitrogens with zero attached hydrogens (tertiary/aromatic N) is 3. The van der Waals surface area contributed by atoms with Gasteiger partial charge in [0.2, 0.25) is 5.91 Å². The van der Waals surface area contributed by atoms with Crippen molar-refractivity contribution in [3.63, 3.8) is 0 Å². The molecule has 0 N–H and O–H groups in total. The Labute approximate surface area is 201 Å². The highest BCUT2D eigenvalue weighted by atomic mass is 79.9. The van der Waals surface area contributed by atoms with Gasteiger partial charge in [-0.2, -0.15) is 0 Å². The van der Waals surface area contributed by atoms with Crippen molar-refractivity contribution >= 4 is 21.8 Å². The van der Waals surface area contributed by atoms with Crippen molar-refractivity contribution in [1.29, 1.82) is 0 Å². The molecule has 7 heteroatoms. The van der Waals surface area contributed by atoms with Crippen LogP contribution in [0.15, 0.2) is 65.4 Å². The maximum absolute atomic E-state index is 13.5. The van der Waals surface area contributed by atoms with Crippen LogP contribution in [-0.4, -0.2) is 52.4 Å². The number of amides is 1. The first-order chi connectivity index (χ1) is 16.1. The van der Waals surface area contributed by atoms with Gasteiger partial charge in [0, 0.05) is 41.8 Å². The minimum absolute atomic E-state index is 0.149. The molecule has 2 saturated heterocycles. The fraction of sp³-hybridized carbons (Fsp3) is 0.385. The maximum atomic E-state index is 13.5. The topological polar surface area (TPSA) is 56.6 Å². The van der Waals surface area contributed by atoms with Crippen molar-refractivity contribution in [3.05, 3.63) is 76.5 Å². The van der Waals surface area contributed by atoms with Crippen molar-refractivity contribution in [2.24, 2.45) is 0 Å². The van der Waals surface area contributed by atoms with Crippen LogP contribution in [0.25, 0.3) is 11.4 Å². The number of carbonyl (C=O) groups excluding carboxylic acids is 1. The predicted octanol–water partition coefficient (Wildman–Crippen LogP) is 4.56. The molecule has 0 radical (unpaired) electrons. The van der Waals surface area contributed by atoms with Gasteiger partial charge in [-0.25, -0.2) is 4.98 Å². The van der Waals surface area contributed by atoms with Crippen molar-refractivity contribution in [1.82, 2.24) is 14.5 Å². The Morgan fingerprint density at radius 2 is 1.88 bits per heavy atom. The molecule has 1 unspecified atom stereocenters. The number of halogens is 1. The fourth-order valence-corrected chi connectivity index (χ4v) is 6.04. The summed E-state index contributed by atoms with van der Waals surface area (Å²) in [6.45, 7) is 2.49. The van der Waals surface area contributed by atoms with E-state index in [0.717, 1.165) is 40.8 Å². The van der Waals surface area contributed by atoms with E-state index in [-0.39, 0.29) is 5.91 Å². The summed E-state index contributed by atoms with van der Waals surface area (Å²) >= 11 is 3.57. The number of hydrogen-bond donors (Lipinski definition) is 0. The second kappa shape index (κ2) is 8.08. The highest BCUT2D eigenvalue weighted by Crippen LogP contribution is 2.49. The second-order valence-electron chi connectivity index (χ2n) is 9.06. The van der Waals surface area contributed by atoms with Gasteiger partial charge >= 0.3 is 0 Å². The van der Waals surface area contributed by atoms with Gasteiger partial charge in [-0.15, -0.1) is 0 Å². The monoisotopic (exact) mass is 507 g/mol. The van der Waals surface area contributed by atoms with E-state index < -0.39 is 11.3 Å². The molecule has 3 aliphatic rings. The lowest BCUT2D eigenvalue weighted by atomic mass is 9.79. The Balaban J connectivity index is 1.35. The zero-order valence-corrected chi connectivity index (χ0v) is 20.0. The van der Waals surface area contributed by atoms with E-state index in [9.17, 15) is 4.79 Å². The number of carbonyl (C=O) groups is 1. The molecular weight excluding hydrogens is 482 g/mol. The quantitative estimate of drug-likeness (QED) is 0.519. The summed E-state index contributed by atoms with van der Waals surface area (Å²) in [5.41, 5.74) is 3.00. The predicted molar refractivity (Wildman–Crippen MR) is 128 cm³/mol. The van der Waals surface area contributed by atoms with E-state index in [0.29, 0.717) is 32.6 Å². The molecule has 0 bridgehead atoms. The lowest BCUT2D eigenvalue weighted by molar-refractivity contribution is -0.193. The van der Waals surface area contributed by atoms with E-state index in [1.807, 2.05) is 17.3 Å². The maximum Gasteiger partial charge on any atom is 0.222 e. The Morgan fingerprint density at radius 1 is 1.09 bits per heavy atom. The van der Waals surface area contributed by atoms with Gasteiger partial charge in [-0.05, 0) is 36.1 Å². The summed E-state index contributed by atoms with van der Waals surface area (Å²) in [7, 11) is 0. The molecule has 1 atom stereocenters. The fourth-order valence-electron chi connectivity index (χ4n) is 5.78. The number of piperidine rings is 1. The van der Waals surface area contributed by atoms with E-state index in [2.05, 4.69) is 74.0 Å². The highest BCUT2D eigenvalue weighted by molar-refractivity contribution is 9.10. The molecule has 6 nitrogen and oxygen atoms in total. The molecule has 0 aliphatic carbocycles. The number of fused-ring (bicyclic) bond motifs is 3. The number of likely N-dealkylation sites (tertiary alicyclic amines) is 1. The summed E-state index contributed by atoms with van der Waals surface area (Å²) in [6, 6.07) is 16.9. The number of aromatic nitrogens is 2. The first-order valence-electron chi connectivity index (χ1n) is 11.6. The lowest BCUT2D eigenvalue weighted by Gasteiger charge is -2.39. The molecular formula is C26H26BrN3O3. The van der Waals surface area contributed by atoms with Crippen molar-refractivity contribution in [2.45, 2.75) is 37.0 Å². The molecule has 3 aliphatic heterocycles. The summed E-state index contributed by atoms with van der Waals surface area (Å²) in [5, 5.41) is 0. The van der Waals surface area contributed by atoms with Crippen LogP contribution in [0.3, 0.4) is 0 Å². The lowest BCUT2D eigenvalue weighted by Crippen LogP contribution is -2.51. The van der Waals surface area contributed by atoms with Crippen molar-refractivity contribution in [3.8, 4) is 11.4 Å². The van der Waals surface area contributed by atoms with E-state index in [1.165, 1.54) is 5.56 Å². The van der Waals surface area contributed by atoms with Gasteiger partial charge in [-0.3, -0.25) is 4.79 Å². The van der Waals surface area contributed by atoms with Gasteiger partial charge in [-0.1, -0.05) is 52.3 Å². The summed E-state index contributed by atoms with van der Waals surface area (Å²) in [4.78, 5) is 20.1. The Bertz CT molecular complexity index is 1190. The molecule has 2 fully saturated rings. The SMILES string of the molecule is O=C(CCC1(c2ccc(Br)cc2)c2ccccc2-c2nccn21)N1CCCC2(C1)OCCO2. The molecule has 3 aromatic rings. The molecule has 6 rings (SSSR count). The Morgan fingerprint density at radius 3 is 2.70 bits per heavy atom. The van der Waals surface area contributed by atoms with Crippen LogP contribution in [0.1, 0.15) is 36.8 Å². The molecule has 33 heavy (non-hydrogen) atoms. The number of benzene rings is 2. The zero-order chi connectivity index (χ0) is 22.5. The van der Waals surface area contributed by atoms with Crippen LogP contribution in [0.4, 0.5) is 0 Å². The number of imidazole rings is 1. The first-order valence-corrected chi connectivity index (χ1v) is 12.4. The number of rotatable bonds is 4. The molecule has 1 amide bonds. The first kappa shape index (κ1) is 21.1. The van der Waals surface area contributed by atoms with Crippen LogP contribution in [-0.2, 0) is 19.8 Å². The van der Waals surface area contributed by atoms with Crippen LogP contribution in [0, 0.1) is 0 Å². The highest BCUT2D eigenvalue weighted by Gasteiger charge is 2.46. The van der Waals surface area contributed by atoms with Crippen molar-refractivity contribution in [2.75, 3.05) is 26.3 Å². The van der Waals surface area contributed by atoms with Gasteiger partial charge < -0.3 is 18.9 Å². The third-order valence-corrected chi connectivity index (χ3v) is 7.80. The molecule has 1 spiro atoms. The molecule has 0 saturated carbocycles. The Kier molecular flexibility index (Phi) is 5.16. The molecule has 4 heterocycles. The normalized spacial score (nSPS) is 23.0. The van der Waals surface area contributed by atoms with E-state index in [4.69, 9.17) is 9.47 Å². The molecule has 170 valence electrons. The average Bonchev–Trinajstić information content (AvgIpc) is 3.56. The summed E-state index contributed by atoms with van der Waals surface area (Å²) in [5.74, 6) is 0.496. The van der Waals surface area contributed by atoms with Crippen LogP contribution >= 0.6 is 15.9 Å². The minimum Gasteiger partial charge on any atom is -0.346 e. The van der Waals surface area contributed by atoms with Gasteiger partial charge in [0.25, 0.3) is 0 Å². The zero-order valence-electron chi connectivity index (χ0n) is 18.4. The summed E-state index contributed by atoms with van der Waals surface area (Å²) < 4.78 is 15.1. The van der Waals surface area contributed by atoms with E-state index in [1.54, 1.807) is 0 Å². The standard InChI is InChI=1S/C26H26BrN3O3/c27-20-8-6-19(7-9-20)26(22-5-2-1-4-21(22)24-28-13-15-30(24)26)12-10-23(31)29-14-3-11-25(18-29)32-16-17-33-25/h1-2,4-9,13,15H,3,10-12,14,16-18H2. The van der Waals surface area contributed by atoms with Gasteiger partial charge in [0.15, 0.2) is 5.79 Å². The average molecular weight is 508 g/mol. The van der Waals surface area contributed by atoms with Crippen LogP contribution in [0.2, 0.25) is 0 Å². The minimum atomic E-state index is -0.602.